The van der Waals surface area contributed by atoms with Gasteiger partial charge in [-0.25, -0.2) is 4.79 Å². The van der Waals surface area contributed by atoms with Crippen LogP contribution >= 0.6 is 0 Å². The molecule has 2 aliphatic heterocycles. The quantitative estimate of drug-likeness (QED) is 0.525. The van der Waals surface area contributed by atoms with Crippen LogP contribution in [-0.4, -0.2) is 59.9 Å². The average molecular weight is 294 g/mol. The molecule has 2 rings (SSSR count). The number of carbonyl (C=O) groups is 3. The van der Waals surface area contributed by atoms with Crippen LogP contribution < -0.4 is 11.1 Å². The Morgan fingerprint density at radius 1 is 1.24 bits per heavy atom. The number of carbonyl (C=O) groups excluding carboxylic acids is 3. The van der Waals surface area contributed by atoms with Crippen LogP contribution in [0, 0.1) is 0 Å². The van der Waals surface area contributed by atoms with Crippen molar-refractivity contribution in [1.29, 1.82) is 0 Å². The van der Waals surface area contributed by atoms with E-state index in [4.69, 9.17) is 5.73 Å². The Kier molecular flexibility index (Phi) is 5.32. The number of unbranched alkanes of at least 4 members (excludes halogenated alkanes) is 2. The third-order valence-corrected chi connectivity index (χ3v) is 3.75. The van der Waals surface area contributed by atoms with Crippen molar-refractivity contribution < 1.29 is 14.4 Å². The Hall–Kier alpha value is -1.89. The van der Waals surface area contributed by atoms with Crippen molar-refractivity contribution in [2.24, 2.45) is 5.73 Å². The standard InChI is InChI=1S/C14H22N4O3/c15-11-6-9-17(10-11)14(21)16-7-2-1-3-8-18-12(19)4-5-13(18)20/h4-5,11H,1-3,6-10,15H2,(H,16,21)/t11-/m1/s1. The molecule has 0 aliphatic carbocycles. The maximum absolute atomic E-state index is 11.8. The molecular weight excluding hydrogens is 272 g/mol. The van der Waals surface area contributed by atoms with E-state index < -0.39 is 0 Å². The topological polar surface area (TPSA) is 95.7 Å². The lowest BCUT2D eigenvalue weighted by molar-refractivity contribution is -0.136. The third-order valence-electron chi connectivity index (χ3n) is 3.75. The van der Waals surface area contributed by atoms with Crippen molar-refractivity contribution in [2.75, 3.05) is 26.2 Å². The predicted molar refractivity (Wildman–Crippen MR) is 77.3 cm³/mol. The van der Waals surface area contributed by atoms with Crippen LogP contribution in [-0.2, 0) is 9.59 Å². The molecule has 7 heteroatoms. The molecule has 0 aromatic heterocycles. The highest BCUT2D eigenvalue weighted by atomic mass is 16.2. The Labute approximate surface area is 124 Å². The maximum atomic E-state index is 11.8. The van der Waals surface area contributed by atoms with Gasteiger partial charge in [0.15, 0.2) is 0 Å². The number of urea groups is 1. The Balaban J connectivity index is 1.51. The minimum atomic E-state index is -0.237. The number of nitrogens with two attached hydrogens (primary N) is 1. The molecule has 0 unspecified atom stereocenters. The molecule has 2 heterocycles. The van der Waals surface area contributed by atoms with Crippen LogP contribution in [0.25, 0.3) is 0 Å². The van der Waals surface area contributed by atoms with Crippen molar-refractivity contribution in [2.45, 2.75) is 31.7 Å². The van der Waals surface area contributed by atoms with Gasteiger partial charge in [-0.15, -0.1) is 0 Å². The number of hydrogen-bond acceptors (Lipinski definition) is 4. The van der Waals surface area contributed by atoms with E-state index in [1.54, 1.807) is 4.90 Å². The minimum Gasteiger partial charge on any atom is -0.338 e. The largest absolute Gasteiger partial charge is 0.338 e. The number of nitrogens with one attached hydrogen (secondary N) is 1. The van der Waals surface area contributed by atoms with Crippen LogP contribution in [0.2, 0.25) is 0 Å². The Bertz CT molecular complexity index is 432. The Morgan fingerprint density at radius 3 is 2.57 bits per heavy atom. The fourth-order valence-electron chi connectivity index (χ4n) is 2.50. The summed E-state index contributed by atoms with van der Waals surface area (Å²) in [6, 6.07) is 0.0388. The second kappa shape index (κ2) is 7.21. The third kappa shape index (κ3) is 4.29. The zero-order valence-electron chi connectivity index (χ0n) is 12.1. The van der Waals surface area contributed by atoms with E-state index in [9.17, 15) is 14.4 Å². The van der Waals surface area contributed by atoms with E-state index in [1.807, 2.05) is 0 Å². The number of imide groups is 1. The van der Waals surface area contributed by atoms with Crippen molar-refractivity contribution in [1.82, 2.24) is 15.1 Å². The highest BCUT2D eigenvalue weighted by Crippen LogP contribution is 2.08. The zero-order chi connectivity index (χ0) is 15.2. The lowest BCUT2D eigenvalue weighted by Crippen LogP contribution is -2.40. The average Bonchev–Trinajstić information content (AvgIpc) is 3.02. The first kappa shape index (κ1) is 15.5. The first-order valence-electron chi connectivity index (χ1n) is 7.40. The lowest BCUT2D eigenvalue weighted by atomic mass is 10.2. The van der Waals surface area contributed by atoms with Crippen LogP contribution in [0.3, 0.4) is 0 Å². The van der Waals surface area contributed by atoms with Gasteiger partial charge in [0.05, 0.1) is 0 Å². The van der Waals surface area contributed by atoms with E-state index in [0.717, 1.165) is 32.2 Å². The van der Waals surface area contributed by atoms with E-state index >= 15 is 0 Å². The maximum Gasteiger partial charge on any atom is 0.317 e. The summed E-state index contributed by atoms with van der Waals surface area (Å²) >= 11 is 0. The van der Waals surface area contributed by atoms with E-state index in [0.29, 0.717) is 19.6 Å². The summed E-state index contributed by atoms with van der Waals surface area (Å²) in [4.78, 5) is 37.4. The lowest BCUT2D eigenvalue weighted by Gasteiger charge is -2.17. The van der Waals surface area contributed by atoms with Crippen molar-refractivity contribution in [3.63, 3.8) is 0 Å². The van der Waals surface area contributed by atoms with Gasteiger partial charge in [-0.3, -0.25) is 14.5 Å². The van der Waals surface area contributed by atoms with E-state index in [2.05, 4.69) is 5.32 Å². The number of nitrogens with zero attached hydrogens (tertiary/aromatic N) is 2. The first-order chi connectivity index (χ1) is 10.1. The van der Waals surface area contributed by atoms with Crippen LogP contribution in [0.4, 0.5) is 4.79 Å². The molecule has 0 radical (unpaired) electrons. The van der Waals surface area contributed by atoms with Crippen LogP contribution in [0.1, 0.15) is 25.7 Å². The monoisotopic (exact) mass is 294 g/mol. The van der Waals surface area contributed by atoms with E-state index in [-0.39, 0.29) is 23.9 Å². The zero-order valence-corrected chi connectivity index (χ0v) is 12.1. The second-order valence-electron chi connectivity index (χ2n) is 5.45. The summed E-state index contributed by atoms with van der Waals surface area (Å²) < 4.78 is 0. The molecule has 7 nitrogen and oxygen atoms in total. The molecule has 2 aliphatic rings. The normalized spacial score (nSPS) is 21.5. The summed E-state index contributed by atoms with van der Waals surface area (Å²) in [5.74, 6) is -0.475. The first-order valence-corrected chi connectivity index (χ1v) is 7.40. The van der Waals surface area contributed by atoms with Gasteiger partial charge in [0.1, 0.15) is 0 Å². The number of rotatable bonds is 6. The molecular formula is C14H22N4O3. The van der Waals surface area contributed by atoms with Gasteiger partial charge in [0.2, 0.25) is 0 Å². The molecule has 0 aromatic carbocycles. The molecule has 1 fully saturated rings. The fourth-order valence-corrected chi connectivity index (χ4v) is 2.50. The fraction of sp³-hybridized carbons (Fsp3) is 0.643. The molecule has 0 saturated carbocycles. The number of amides is 4. The van der Waals surface area contributed by atoms with Gasteiger partial charge in [-0.2, -0.15) is 0 Å². The molecule has 0 spiro atoms. The Morgan fingerprint density at radius 2 is 1.95 bits per heavy atom. The van der Waals surface area contributed by atoms with E-state index in [1.165, 1.54) is 17.1 Å². The van der Waals surface area contributed by atoms with Gasteiger partial charge in [-0.05, 0) is 25.7 Å². The molecule has 1 saturated heterocycles. The molecule has 0 bridgehead atoms. The molecule has 1 atom stereocenters. The van der Waals surface area contributed by atoms with Crippen LogP contribution in [0.5, 0.6) is 0 Å². The van der Waals surface area contributed by atoms with Gasteiger partial charge < -0.3 is 16.0 Å². The minimum absolute atomic E-state index is 0.0583. The van der Waals surface area contributed by atoms with Gasteiger partial charge in [-0.1, -0.05) is 0 Å². The van der Waals surface area contributed by atoms with Gasteiger partial charge >= 0.3 is 6.03 Å². The van der Waals surface area contributed by atoms with Crippen molar-refractivity contribution in [3.8, 4) is 0 Å². The van der Waals surface area contributed by atoms with Gasteiger partial charge in [0.25, 0.3) is 11.8 Å². The predicted octanol–water partition coefficient (Wildman–Crippen LogP) is -0.176. The van der Waals surface area contributed by atoms with Crippen molar-refractivity contribution >= 4 is 17.8 Å². The molecule has 0 aromatic rings. The summed E-state index contributed by atoms with van der Waals surface area (Å²) in [5.41, 5.74) is 5.75. The second-order valence-corrected chi connectivity index (χ2v) is 5.45. The number of likely N-dealkylation sites (tertiary alicyclic amines) is 1. The molecule has 21 heavy (non-hydrogen) atoms. The highest BCUT2D eigenvalue weighted by Gasteiger charge is 2.23. The number of hydrogen-bond donors (Lipinski definition) is 2. The van der Waals surface area contributed by atoms with Gasteiger partial charge in [0, 0.05) is 44.4 Å². The van der Waals surface area contributed by atoms with Crippen molar-refractivity contribution in [3.05, 3.63) is 12.2 Å². The summed E-state index contributed by atoms with van der Waals surface area (Å²) in [6.45, 7) is 2.39. The summed E-state index contributed by atoms with van der Waals surface area (Å²) in [7, 11) is 0. The molecule has 3 N–H and O–H groups in total. The van der Waals surface area contributed by atoms with Crippen LogP contribution in [0.15, 0.2) is 12.2 Å². The highest BCUT2D eigenvalue weighted by molar-refractivity contribution is 6.12. The SMILES string of the molecule is N[C@@H]1CCN(C(=O)NCCCCCN2C(=O)C=CC2=O)C1. The summed E-state index contributed by atoms with van der Waals surface area (Å²) in [6.07, 6.45) is 5.89. The molecule has 4 amide bonds. The smallest absolute Gasteiger partial charge is 0.317 e. The summed E-state index contributed by atoms with van der Waals surface area (Å²) in [5, 5.41) is 2.86. The molecule has 116 valence electrons.